The number of rotatable bonds is 8. The van der Waals surface area contributed by atoms with Crippen molar-refractivity contribution in [2.24, 2.45) is 16.7 Å². The van der Waals surface area contributed by atoms with Crippen LogP contribution in [0.3, 0.4) is 0 Å². The lowest BCUT2D eigenvalue weighted by molar-refractivity contribution is -0.343. The molecule has 15 nitrogen and oxygen atoms in total. The van der Waals surface area contributed by atoms with E-state index in [1.54, 1.807) is 83.1 Å². The molecule has 6 rings (SSSR count). The Morgan fingerprint density at radius 1 is 0.931 bits per heavy atom. The summed E-state index contributed by atoms with van der Waals surface area (Å²) >= 11 is 0. The van der Waals surface area contributed by atoms with E-state index >= 15 is 4.79 Å². The van der Waals surface area contributed by atoms with Crippen LogP contribution in [0.15, 0.2) is 71.8 Å². The van der Waals surface area contributed by atoms with Crippen molar-refractivity contribution in [3.8, 4) is 0 Å². The molecular weight excluding hydrogens is 754 g/mol. The van der Waals surface area contributed by atoms with E-state index in [0.29, 0.717) is 5.56 Å². The SMILES string of the molecule is CC(=O)O[C@H]1C(=O)[C@@]2(C)[C@H]([C@H](OC(=O)c3ccccc3)[C@]3(O)C[C@@H](OC(=O)[C@H](O)[C@@H](NC(=O)OC(C)(C)C)c4ccccc4)C(C)=C1C3(C)C)[C@]1(O)CO[C@@H]1C[C@@H]2O. The van der Waals surface area contributed by atoms with Gasteiger partial charge in [-0.25, -0.2) is 14.4 Å². The van der Waals surface area contributed by atoms with E-state index < -0.39 is 112 Å². The second kappa shape index (κ2) is 15.2. The molecule has 1 heterocycles. The maximum absolute atomic E-state index is 15.2. The molecule has 314 valence electrons. The van der Waals surface area contributed by atoms with Crippen molar-refractivity contribution in [3.05, 3.63) is 82.9 Å². The van der Waals surface area contributed by atoms with Crippen LogP contribution in [0.5, 0.6) is 0 Å². The van der Waals surface area contributed by atoms with Crippen LogP contribution in [0.4, 0.5) is 4.79 Å². The first-order valence-corrected chi connectivity index (χ1v) is 19.3. The molecule has 1 aliphatic heterocycles. The second-order valence-corrected chi connectivity index (χ2v) is 17.6. The lowest BCUT2D eigenvalue weighted by atomic mass is 9.44. The Hall–Kier alpha value is -4.67. The van der Waals surface area contributed by atoms with E-state index in [1.807, 2.05) is 0 Å². The highest BCUT2D eigenvalue weighted by atomic mass is 16.6. The minimum atomic E-state index is -2.35. The molecule has 3 fully saturated rings. The van der Waals surface area contributed by atoms with Gasteiger partial charge in [-0.15, -0.1) is 0 Å². The van der Waals surface area contributed by atoms with Crippen LogP contribution in [-0.4, -0.2) is 110 Å². The molecule has 1 amide bonds. The average molecular weight is 808 g/mol. The van der Waals surface area contributed by atoms with Crippen molar-refractivity contribution in [1.82, 2.24) is 5.32 Å². The molecule has 0 radical (unpaired) electrons. The first-order valence-electron chi connectivity index (χ1n) is 19.3. The number of nitrogens with one attached hydrogen (secondary N) is 1. The monoisotopic (exact) mass is 807 g/mol. The lowest BCUT2D eigenvalue weighted by Gasteiger charge is -2.66. The van der Waals surface area contributed by atoms with Gasteiger partial charge in [-0.2, -0.15) is 0 Å². The fraction of sp³-hybridized carbons (Fsp3) is 0.558. The van der Waals surface area contributed by atoms with Gasteiger partial charge >= 0.3 is 24.0 Å². The number of aliphatic hydroxyl groups excluding tert-OH is 2. The van der Waals surface area contributed by atoms with Crippen molar-refractivity contribution in [2.75, 3.05) is 6.61 Å². The maximum Gasteiger partial charge on any atom is 0.408 e. The number of hydrogen-bond acceptors (Lipinski definition) is 14. The number of esters is 3. The van der Waals surface area contributed by atoms with E-state index in [9.17, 15) is 39.6 Å². The largest absolute Gasteiger partial charge is 0.456 e. The summed E-state index contributed by atoms with van der Waals surface area (Å²) < 4.78 is 29.1. The molecule has 2 saturated carbocycles. The zero-order valence-corrected chi connectivity index (χ0v) is 33.9. The van der Waals surface area contributed by atoms with E-state index in [1.165, 1.54) is 26.0 Å². The number of fused-ring (bicyclic) bond motifs is 5. The Kier molecular flexibility index (Phi) is 11.2. The third-order valence-electron chi connectivity index (χ3n) is 12.5. The fourth-order valence-corrected chi connectivity index (χ4v) is 9.41. The third kappa shape index (κ3) is 7.21. The topological polar surface area (TPSA) is 224 Å². The minimum absolute atomic E-state index is 0.00633. The third-order valence-corrected chi connectivity index (χ3v) is 12.5. The molecule has 11 atom stereocenters. The first kappa shape index (κ1) is 42.9. The predicted molar refractivity (Wildman–Crippen MR) is 204 cm³/mol. The number of carbonyl (C=O) groups is 5. The normalized spacial score (nSPS) is 33.7. The zero-order valence-electron chi connectivity index (χ0n) is 33.9. The Morgan fingerprint density at radius 2 is 1.53 bits per heavy atom. The number of alkyl carbamates (subject to hydrolysis) is 1. The Labute approximate surface area is 336 Å². The summed E-state index contributed by atoms with van der Waals surface area (Å²) in [6, 6.07) is 14.6. The van der Waals surface area contributed by atoms with E-state index in [2.05, 4.69) is 5.32 Å². The van der Waals surface area contributed by atoms with Crippen LogP contribution in [0.1, 0.15) is 90.2 Å². The van der Waals surface area contributed by atoms with Gasteiger partial charge in [0.2, 0.25) is 0 Å². The molecule has 2 aromatic rings. The van der Waals surface area contributed by atoms with Crippen molar-refractivity contribution in [3.63, 3.8) is 0 Å². The van der Waals surface area contributed by atoms with Crippen LogP contribution < -0.4 is 5.32 Å². The Morgan fingerprint density at radius 3 is 2.09 bits per heavy atom. The quantitative estimate of drug-likeness (QED) is 0.147. The fourth-order valence-electron chi connectivity index (χ4n) is 9.41. The van der Waals surface area contributed by atoms with Gasteiger partial charge in [0.15, 0.2) is 18.0 Å². The summed E-state index contributed by atoms with van der Waals surface area (Å²) in [7, 11) is 0. The number of ether oxygens (including phenoxy) is 5. The molecule has 0 aromatic heterocycles. The summed E-state index contributed by atoms with van der Waals surface area (Å²) in [5, 5.41) is 51.8. The van der Waals surface area contributed by atoms with Crippen LogP contribution in [-0.2, 0) is 38.1 Å². The molecule has 15 heteroatoms. The summed E-state index contributed by atoms with van der Waals surface area (Å²) in [5.41, 5.74) is -8.27. The predicted octanol–water partition coefficient (Wildman–Crippen LogP) is 3.26. The van der Waals surface area contributed by atoms with Gasteiger partial charge in [0, 0.05) is 31.1 Å². The number of carbonyl (C=O) groups excluding carboxylic acids is 5. The van der Waals surface area contributed by atoms with Crippen LogP contribution >= 0.6 is 0 Å². The van der Waals surface area contributed by atoms with Crippen molar-refractivity contribution >= 4 is 29.8 Å². The highest BCUT2D eigenvalue weighted by molar-refractivity contribution is 5.95. The van der Waals surface area contributed by atoms with Crippen molar-refractivity contribution < 1.29 is 68.1 Å². The van der Waals surface area contributed by atoms with Gasteiger partial charge in [0.25, 0.3) is 0 Å². The number of benzene rings is 2. The summed E-state index contributed by atoms with van der Waals surface area (Å²) in [4.78, 5) is 69.2. The van der Waals surface area contributed by atoms with Crippen LogP contribution in [0.25, 0.3) is 0 Å². The van der Waals surface area contributed by atoms with Gasteiger partial charge < -0.3 is 49.4 Å². The average Bonchev–Trinajstić information content (AvgIpc) is 3.15. The molecule has 1 saturated heterocycles. The molecule has 0 unspecified atom stereocenters. The van der Waals surface area contributed by atoms with E-state index in [4.69, 9.17) is 23.7 Å². The van der Waals surface area contributed by atoms with E-state index in [-0.39, 0.29) is 29.7 Å². The highest BCUT2D eigenvalue weighted by Gasteiger charge is 2.76. The molecule has 4 aliphatic rings. The molecule has 3 aliphatic carbocycles. The second-order valence-electron chi connectivity index (χ2n) is 17.6. The molecular formula is C43H53NO14. The number of Topliss-reactive ketones (excluding diaryl/α,β-unsaturated/α-hetero) is 1. The van der Waals surface area contributed by atoms with Crippen LogP contribution in [0, 0.1) is 16.7 Å². The Bertz CT molecular complexity index is 1980. The maximum atomic E-state index is 15.2. The van der Waals surface area contributed by atoms with Crippen molar-refractivity contribution in [2.45, 2.75) is 128 Å². The zero-order chi connectivity index (χ0) is 42.7. The molecule has 58 heavy (non-hydrogen) atoms. The molecule has 2 bridgehead atoms. The Balaban J connectivity index is 1.50. The highest BCUT2D eigenvalue weighted by Crippen LogP contribution is 2.63. The number of ketones is 1. The number of hydrogen-bond donors (Lipinski definition) is 5. The minimum Gasteiger partial charge on any atom is -0.456 e. The van der Waals surface area contributed by atoms with Gasteiger partial charge in [0.05, 0.1) is 35.8 Å². The molecule has 2 aromatic carbocycles. The van der Waals surface area contributed by atoms with E-state index in [0.717, 1.165) is 6.92 Å². The van der Waals surface area contributed by atoms with Gasteiger partial charge in [-0.1, -0.05) is 62.4 Å². The number of aliphatic hydroxyl groups is 4. The molecule has 0 spiro atoms. The summed E-state index contributed by atoms with van der Waals surface area (Å²) in [6.45, 7) is 11.7. The number of amides is 1. The van der Waals surface area contributed by atoms with Crippen molar-refractivity contribution in [1.29, 1.82) is 0 Å². The van der Waals surface area contributed by atoms with Gasteiger partial charge in [-0.05, 0) is 63.5 Å². The first-order chi connectivity index (χ1) is 27.0. The lowest BCUT2D eigenvalue weighted by Crippen LogP contribution is -2.81. The smallest absolute Gasteiger partial charge is 0.408 e. The summed E-state index contributed by atoms with van der Waals surface area (Å²) in [5.74, 6) is -5.45. The molecule has 5 N–H and O–H groups in total. The van der Waals surface area contributed by atoms with Gasteiger partial charge in [0.1, 0.15) is 29.0 Å². The standard InChI is InChI=1S/C43H53NO14/c1-22-26(56-37(50)31(47)30(24-15-11-9-12-16-24)44-38(51)58-39(3,4)5)20-43(53)35(57-36(49)25-17-13-10-14-18-25)33-41(8,27(46)19-28-42(33,52)21-54-28)34(48)32(55-23(2)45)29(22)40(43,6)7/h9-18,26-28,30-33,35,46-47,52-53H,19-21H2,1-8H3,(H,44,51)/t26-,27+,28-,30+,31-,32-,33+,35+,41-,42+,43-/m1/s1. The van der Waals surface area contributed by atoms with Crippen LogP contribution in [0.2, 0.25) is 0 Å². The summed E-state index contributed by atoms with van der Waals surface area (Å²) in [6.07, 6.45) is -11.3. The van der Waals surface area contributed by atoms with Gasteiger partial charge in [-0.3, -0.25) is 9.59 Å².